The number of pyridine rings is 1. The number of aromatic nitrogens is 3. The van der Waals surface area contributed by atoms with Crippen LogP contribution < -0.4 is 10.2 Å². The molecule has 0 aliphatic heterocycles. The first-order valence-electron chi connectivity index (χ1n) is 8.85. The summed E-state index contributed by atoms with van der Waals surface area (Å²) in [5, 5.41) is 8.14. The summed E-state index contributed by atoms with van der Waals surface area (Å²) in [6.45, 7) is 5.47. The van der Waals surface area contributed by atoms with Crippen LogP contribution in [0.3, 0.4) is 0 Å². The van der Waals surface area contributed by atoms with Crippen molar-refractivity contribution < 1.29 is 14.0 Å². The van der Waals surface area contributed by atoms with E-state index in [0.717, 1.165) is 16.4 Å². The Labute approximate surface area is 171 Å². The number of hydrogen-bond acceptors (Lipinski definition) is 6. The van der Waals surface area contributed by atoms with Crippen molar-refractivity contribution in [3.05, 3.63) is 71.2 Å². The molecule has 0 unspecified atom stereocenters. The van der Waals surface area contributed by atoms with Gasteiger partial charge in [0.05, 0.1) is 5.69 Å². The predicted molar refractivity (Wildman–Crippen MR) is 108 cm³/mol. The summed E-state index contributed by atoms with van der Waals surface area (Å²) in [6, 6.07) is 7.95. The van der Waals surface area contributed by atoms with Gasteiger partial charge in [-0.2, -0.15) is 0 Å². The smallest absolute Gasteiger partial charge is 0.280 e. The Bertz CT molecular complexity index is 990. The fraction of sp³-hybridized carbons (Fsp3) is 0.250. The molecule has 2 amide bonds. The fourth-order valence-corrected chi connectivity index (χ4v) is 3.22. The van der Waals surface area contributed by atoms with E-state index in [1.54, 1.807) is 24.4 Å². The molecule has 0 aliphatic carbocycles. The number of carbonyl (C=O) groups excluding carboxylic acids is 2. The summed E-state index contributed by atoms with van der Waals surface area (Å²) in [6.07, 6.45) is 3.04. The highest BCUT2D eigenvalue weighted by Crippen LogP contribution is 2.31. The zero-order valence-corrected chi connectivity index (χ0v) is 17.0. The summed E-state index contributed by atoms with van der Waals surface area (Å²) in [5.41, 5.74) is -0.142. The van der Waals surface area contributed by atoms with Crippen molar-refractivity contribution in [3.8, 4) is 0 Å². The molecule has 0 bridgehead atoms. The Morgan fingerprint density at radius 1 is 1.17 bits per heavy atom. The van der Waals surface area contributed by atoms with Crippen molar-refractivity contribution in [2.45, 2.75) is 32.4 Å². The van der Waals surface area contributed by atoms with Crippen LogP contribution in [-0.4, -0.2) is 31.9 Å². The number of rotatable bonds is 5. The molecule has 3 aromatic rings. The van der Waals surface area contributed by atoms with Gasteiger partial charge >= 0.3 is 0 Å². The van der Waals surface area contributed by atoms with E-state index in [1.165, 1.54) is 29.8 Å². The summed E-state index contributed by atoms with van der Waals surface area (Å²) in [7, 11) is 0. The second-order valence-electron chi connectivity index (χ2n) is 7.34. The average Bonchev–Trinajstić information content (AvgIpc) is 3.20. The van der Waals surface area contributed by atoms with Crippen LogP contribution in [0.4, 0.5) is 10.1 Å². The van der Waals surface area contributed by atoms with Crippen LogP contribution in [0.1, 0.15) is 42.9 Å². The molecule has 2 aromatic heterocycles. The van der Waals surface area contributed by atoms with E-state index in [4.69, 9.17) is 0 Å². The summed E-state index contributed by atoms with van der Waals surface area (Å²) >= 11 is 0.995. The van der Waals surface area contributed by atoms with E-state index in [9.17, 15) is 14.0 Å². The number of amides is 2. The van der Waals surface area contributed by atoms with Gasteiger partial charge in [-0.05, 0) is 50.5 Å². The van der Waals surface area contributed by atoms with E-state index in [1.807, 2.05) is 20.8 Å². The molecule has 0 spiro atoms. The number of para-hydroxylation sites is 1. The molecule has 29 heavy (non-hydrogen) atoms. The Kier molecular flexibility index (Phi) is 5.97. The van der Waals surface area contributed by atoms with Crippen molar-refractivity contribution in [1.29, 1.82) is 0 Å². The first-order chi connectivity index (χ1) is 13.8. The molecule has 0 radical (unpaired) electrons. The maximum absolute atomic E-state index is 14.7. The molecule has 0 aliphatic rings. The molecule has 0 saturated heterocycles. The molecular weight excluding hydrogens is 393 g/mol. The lowest BCUT2D eigenvalue weighted by molar-refractivity contribution is -0.123. The first-order valence-corrected chi connectivity index (χ1v) is 9.68. The topological polar surface area (TPSA) is 88.1 Å². The molecule has 1 aromatic carbocycles. The van der Waals surface area contributed by atoms with Gasteiger partial charge in [0, 0.05) is 28.9 Å². The lowest BCUT2D eigenvalue weighted by atomic mass is 10.0. The standard InChI is InChI=1S/C20H20FN5O2S/c1-20(2,3)23-18(27)17(13-7-6-10-22-11-13)26(16-9-5-4-8-14(16)21)19(28)15-12-29-25-24-15/h4-12,17H,1-3H3,(H,23,27)/t17-/m0/s1. The van der Waals surface area contributed by atoms with E-state index < -0.39 is 29.2 Å². The van der Waals surface area contributed by atoms with Crippen LogP contribution >= 0.6 is 11.5 Å². The minimum Gasteiger partial charge on any atom is -0.349 e. The number of carbonyl (C=O) groups is 2. The van der Waals surface area contributed by atoms with Gasteiger partial charge in [-0.15, -0.1) is 5.10 Å². The highest BCUT2D eigenvalue weighted by atomic mass is 32.1. The molecule has 7 nitrogen and oxygen atoms in total. The van der Waals surface area contributed by atoms with Crippen molar-refractivity contribution in [2.75, 3.05) is 4.90 Å². The maximum atomic E-state index is 14.7. The Hall–Kier alpha value is -3.20. The van der Waals surface area contributed by atoms with Gasteiger partial charge in [0.25, 0.3) is 5.91 Å². The monoisotopic (exact) mass is 413 g/mol. The third-order valence-corrected chi connectivity index (χ3v) is 4.42. The van der Waals surface area contributed by atoms with Gasteiger partial charge in [-0.3, -0.25) is 19.5 Å². The summed E-state index contributed by atoms with van der Waals surface area (Å²) in [5.74, 6) is -1.74. The minimum atomic E-state index is -1.16. The molecule has 1 N–H and O–H groups in total. The third-order valence-electron chi connectivity index (χ3n) is 3.91. The van der Waals surface area contributed by atoms with Gasteiger partial charge < -0.3 is 5.32 Å². The molecule has 150 valence electrons. The van der Waals surface area contributed by atoms with Crippen LogP contribution in [0.15, 0.2) is 54.2 Å². The fourth-order valence-electron chi connectivity index (χ4n) is 2.79. The van der Waals surface area contributed by atoms with Gasteiger partial charge in [-0.1, -0.05) is 22.7 Å². The summed E-state index contributed by atoms with van der Waals surface area (Å²) < 4.78 is 18.5. The molecule has 9 heteroatoms. The lowest BCUT2D eigenvalue weighted by Gasteiger charge is -2.33. The molecule has 3 rings (SSSR count). The lowest BCUT2D eigenvalue weighted by Crippen LogP contribution is -2.49. The van der Waals surface area contributed by atoms with Crippen molar-refractivity contribution in [3.63, 3.8) is 0 Å². The minimum absolute atomic E-state index is 0.0238. The third kappa shape index (κ3) is 4.80. The maximum Gasteiger partial charge on any atom is 0.280 e. The van der Waals surface area contributed by atoms with Gasteiger partial charge in [-0.25, -0.2) is 4.39 Å². The number of benzene rings is 1. The van der Waals surface area contributed by atoms with Crippen LogP contribution in [0.2, 0.25) is 0 Å². The predicted octanol–water partition coefficient (Wildman–Crippen LogP) is 3.38. The Morgan fingerprint density at radius 3 is 2.52 bits per heavy atom. The first kappa shape index (κ1) is 20.5. The SMILES string of the molecule is CC(C)(C)NC(=O)[C@H](c1cccnc1)N(C(=O)c1csnn1)c1ccccc1F. The van der Waals surface area contributed by atoms with Gasteiger partial charge in [0.2, 0.25) is 5.91 Å². The van der Waals surface area contributed by atoms with E-state index in [0.29, 0.717) is 5.56 Å². The largest absolute Gasteiger partial charge is 0.349 e. The van der Waals surface area contributed by atoms with E-state index in [2.05, 4.69) is 19.9 Å². The zero-order valence-electron chi connectivity index (χ0n) is 16.2. The van der Waals surface area contributed by atoms with Crippen LogP contribution in [0.25, 0.3) is 0 Å². The number of hydrogen-bond donors (Lipinski definition) is 1. The molecule has 0 saturated carbocycles. The average molecular weight is 413 g/mol. The van der Waals surface area contributed by atoms with Crippen molar-refractivity contribution >= 4 is 29.0 Å². The second-order valence-corrected chi connectivity index (χ2v) is 7.95. The van der Waals surface area contributed by atoms with Crippen molar-refractivity contribution in [1.82, 2.24) is 19.9 Å². The quantitative estimate of drug-likeness (QED) is 0.693. The van der Waals surface area contributed by atoms with E-state index in [-0.39, 0.29) is 11.4 Å². The molecule has 0 fully saturated rings. The normalized spacial score (nSPS) is 12.3. The number of nitrogens with one attached hydrogen (secondary N) is 1. The van der Waals surface area contributed by atoms with Crippen LogP contribution in [0.5, 0.6) is 0 Å². The molecule has 2 heterocycles. The summed E-state index contributed by atoms with van der Waals surface area (Å²) in [4.78, 5) is 31.7. The van der Waals surface area contributed by atoms with Crippen LogP contribution in [-0.2, 0) is 4.79 Å². The van der Waals surface area contributed by atoms with E-state index >= 15 is 0 Å². The van der Waals surface area contributed by atoms with Crippen molar-refractivity contribution in [2.24, 2.45) is 0 Å². The van der Waals surface area contributed by atoms with Gasteiger partial charge in [0.1, 0.15) is 11.9 Å². The highest BCUT2D eigenvalue weighted by Gasteiger charge is 2.37. The highest BCUT2D eigenvalue weighted by molar-refractivity contribution is 7.03. The Balaban J connectivity index is 2.18. The second kappa shape index (κ2) is 8.44. The number of anilines is 1. The molecule has 1 atom stereocenters. The number of nitrogens with zero attached hydrogens (tertiary/aromatic N) is 4. The number of halogens is 1. The molecular formula is C20H20FN5O2S. The van der Waals surface area contributed by atoms with Gasteiger partial charge in [0.15, 0.2) is 5.69 Å². The van der Waals surface area contributed by atoms with Crippen LogP contribution in [0, 0.1) is 5.82 Å². The Morgan fingerprint density at radius 2 is 1.93 bits per heavy atom. The zero-order chi connectivity index (χ0) is 21.0.